The third-order valence-electron chi connectivity index (χ3n) is 4.33. The summed E-state index contributed by atoms with van der Waals surface area (Å²) in [5.74, 6) is -0.545. The third-order valence-corrected chi connectivity index (χ3v) is 4.33. The summed E-state index contributed by atoms with van der Waals surface area (Å²) >= 11 is 0. The summed E-state index contributed by atoms with van der Waals surface area (Å²) in [5, 5.41) is 20.5. The van der Waals surface area contributed by atoms with E-state index in [2.05, 4.69) is 19.9 Å². The van der Waals surface area contributed by atoms with E-state index in [4.69, 9.17) is 9.47 Å². The lowest BCUT2D eigenvalue weighted by Gasteiger charge is -2.14. The lowest BCUT2D eigenvalue weighted by atomic mass is 10.1. The van der Waals surface area contributed by atoms with Gasteiger partial charge in [0.05, 0.1) is 11.9 Å². The van der Waals surface area contributed by atoms with Crippen LogP contribution in [-0.4, -0.2) is 61.0 Å². The molecule has 140 valence electrons. The van der Waals surface area contributed by atoms with E-state index in [-0.39, 0.29) is 23.6 Å². The number of ether oxygens (including phenoxy) is 2. The molecule has 4 rings (SSSR count). The van der Waals surface area contributed by atoms with Crippen molar-refractivity contribution < 1.29 is 24.5 Å². The van der Waals surface area contributed by atoms with E-state index in [1.165, 1.54) is 6.33 Å². The van der Waals surface area contributed by atoms with Crippen molar-refractivity contribution in [3.63, 3.8) is 0 Å². The molecule has 4 atom stereocenters. The summed E-state index contributed by atoms with van der Waals surface area (Å²) in [6.07, 6.45) is -3.42. The molecular formula is C17H16N4O6. The molecule has 0 aliphatic carbocycles. The van der Waals surface area contributed by atoms with Gasteiger partial charge in [0.15, 0.2) is 11.2 Å². The van der Waals surface area contributed by atoms with Gasteiger partial charge in [0.25, 0.3) is 5.56 Å². The molecule has 0 saturated carbocycles. The highest BCUT2D eigenvalue weighted by Gasteiger charge is 2.45. The fraction of sp³-hybridized carbons (Fsp3) is 0.294. The Morgan fingerprint density at radius 3 is 2.78 bits per heavy atom. The van der Waals surface area contributed by atoms with Crippen molar-refractivity contribution in [1.29, 1.82) is 0 Å². The number of aliphatic hydroxyl groups excluding tert-OH is 2. The van der Waals surface area contributed by atoms with Gasteiger partial charge in [-0.3, -0.25) is 4.79 Å². The zero-order chi connectivity index (χ0) is 19.0. The molecule has 1 unspecified atom stereocenters. The average Bonchev–Trinajstić information content (AvgIpc) is 3.26. The van der Waals surface area contributed by atoms with Crippen molar-refractivity contribution in [1.82, 2.24) is 19.9 Å². The molecule has 10 heteroatoms. The van der Waals surface area contributed by atoms with E-state index in [0.717, 1.165) is 0 Å². The van der Waals surface area contributed by atoms with Gasteiger partial charge in [0.1, 0.15) is 36.8 Å². The second kappa shape index (κ2) is 6.91. The minimum absolute atomic E-state index is 0.0306. The molecule has 3 heterocycles. The highest BCUT2D eigenvalue weighted by atomic mass is 16.6. The van der Waals surface area contributed by atoms with E-state index in [1.807, 2.05) is 0 Å². The predicted octanol–water partition coefficient (Wildman–Crippen LogP) is -0.335. The summed E-state index contributed by atoms with van der Waals surface area (Å²) in [5.41, 5.74) is 0.243. The molecule has 0 bridgehead atoms. The van der Waals surface area contributed by atoms with Gasteiger partial charge in [-0.25, -0.2) is 14.8 Å². The van der Waals surface area contributed by atoms with Crippen LogP contribution in [0.2, 0.25) is 0 Å². The lowest BCUT2D eigenvalue weighted by molar-refractivity contribution is -0.0359. The molecule has 4 N–H and O–H groups in total. The Morgan fingerprint density at radius 2 is 2.00 bits per heavy atom. The molecule has 1 fully saturated rings. The van der Waals surface area contributed by atoms with Gasteiger partial charge < -0.3 is 29.7 Å². The van der Waals surface area contributed by atoms with E-state index >= 15 is 0 Å². The Labute approximate surface area is 151 Å². The summed E-state index contributed by atoms with van der Waals surface area (Å²) < 4.78 is 10.7. The highest BCUT2D eigenvalue weighted by Crippen LogP contribution is 2.32. The summed E-state index contributed by atoms with van der Waals surface area (Å²) in [7, 11) is 0. The number of carbonyl (C=O) groups excluding carboxylic acids is 1. The van der Waals surface area contributed by atoms with Gasteiger partial charge in [-0.05, 0) is 12.1 Å². The number of aromatic amines is 2. The Hall–Kier alpha value is -3.08. The van der Waals surface area contributed by atoms with Gasteiger partial charge in [-0.15, -0.1) is 0 Å². The number of esters is 1. The topological polar surface area (TPSA) is 150 Å². The first-order valence-electron chi connectivity index (χ1n) is 8.21. The zero-order valence-electron chi connectivity index (χ0n) is 13.9. The van der Waals surface area contributed by atoms with Crippen LogP contribution in [0.1, 0.15) is 22.3 Å². The Kier molecular flexibility index (Phi) is 4.44. The molecule has 0 spiro atoms. The van der Waals surface area contributed by atoms with Crippen LogP contribution >= 0.6 is 0 Å². The molecule has 1 aromatic carbocycles. The number of nitrogens with one attached hydrogen (secondary N) is 2. The smallest absolute Gasteiger partial charge is 0.338 e. The SMILES string of the molecule is O=C(OC[C@H]1OC(c2nc3nc[nH]c3c(=O)[nH]2)[C@H](O)[C@@H]1O)c1ccccc1. The van der Waals surface area contributed by atoms with E-state index in [0.29, 0.717) is 5.56 Å². The Morgan fingerprint density at radius 1 is 1.22 bits per heavy atom. The molecule has 10 nitrogen and oxygen atoms in total. The molecule has 27 heavy (non-hydrogen) atoms. The van der Waals surface area contributed by atoms with Gasteiger partial charge >= 0.3 is 5.97 Å². The minimum atomic E-state index is -1.36. The van der Waals surface area contributed by atoms with Crippen LogP contribution in [0.4, 0.5) is 0 Å². The number of imidazole rings is 1. The van der Waals surface area contributed by atoms with Crippen molar-refractivity contribution in [3.8, 4) is 0 Å². The number of benzene rings is 1. The van der Waals surface area contributed by atoms with E-state index in [9.17, 15) is 19.8 Å². The fourth-order valence-corrected chi connectivity index (χ4v) is 2.92. The number of rotatable bonds is 4. The highest BCUT2D eigenvalue weighted by molar-refractivity contribution is 5.89. The van der Waals surface area contributed by atoms with Crippen LogP contribution in [0.5, 0.6) is 0 Å². The molecule has 0 amide bonds. The number of hydrogen-bond acceptors (Lipinski definition) is 8. The molecule has 1 aliphatic rings. The first kappa shape index (κ1) is 17.3. The number of fused-ring (bicyclic) bond motifs is 1. The minimum Gasteiger partial charge on any atom is -0.459 e. The van der Waals surface area contributed by atoms with Crippen LogP contribution in [0.25, 0.3) is 11.2 Å². The first-order chi connectivity index (χ1) is 13.0. The van der Waals surface area contributed by atoms with Crippen molar-refractivity contribution in [2.75, 3.05) is 6.61 Å². The maximum atomic E-state index is 12.0. The number of carbonyl (C=O) groups is 1. The number of H-pyrrole nitrogens is 2. The molecule has 1 aliphatic heterocycles. The molecule has 2 aromatic heterocycles. The van der Waals surface area contributed by atoms with Gasteiger partial charge in [-0.2, -0.15) is 0 Å². The lowest BCUT2D eigenvalue weighted by Crippen LogP contribution is -2.34. The van der Waals surface area contributed by atoms with Crippen LogP contribution in [-0.2, 0) is 9.47 Å². The van der Waals surface area contributed by atoms with Gasteiger partial charge in [-0.1, -0.05) is 18.2 Å². The van der Waals surface area contributed by atoms with Crippen LogP contribution < -0.4 is 5.56 Å². The van der Waals surface area contributed by atoms with Gasteiger partial charge in [0.2, 0.25) is 0 Å². The normalized spacial score (nSPS) is 25.0. The first-order valence-corrected chi connectivity index (χ1v) is 8.21. The predicted molar refractivity (Wildman–Crippen MR) is 90.9 cm³/mol. The Balaban J connectivity index is 1.48. The zero-order valence-corrected chi connectivity index (χ0v) is 13.9. The van der Waals surface area contributed by atoms with E-state index < -0.39 is 35.9 Å². The molecular weight excluding hydrogens is 356 g/mol. The molecule has 1 saturated heterocycles. The van der Waals surface area contributed by atoms with Crippen molar-refractivity contribution >= 4 is 17.1 Å². The van der Waals surface area contributed by atoms with E-state index in [1.54, 1.807) is 30.3 Å². The van der Waals surface area contributed by atoms with Crippen molar-refractivity contribution in [3.05, 3.63) is 58.4 Å². The summed E-state index contributed by atoms with van der Waals surface area (Å²) in [6.45, 7) is -0.267. The Bertz CT molecular complexity index is 1020. The van der Waals surface area contributed by atoms with Crippen LogP contribution in [0, 0.1) is 0 Å². The number of aromatic nitrogens is 4. The monoisotopic (exact) mass is 372 g/mol. The van der Waals surface area contributed by atoms with Crippen LogP contribution in [0.3, 0.4) is 0 Å². The third kappa shape index (κ3) is 3.21. The fourth-order valence-electron chi connectivity index (χ4n) is 2.92. The maximum absolute atomic E-state index is 12.0. The van der Waals surface area contributed by atoms with Gasteiger partial charge in [0, 0.05) is 0 Å². The second-order valence-electron chi connectivity index (χ2n) is 6.09. The standard InChI is InChI=1S/C17H16N4O6/c22-11-9(6-26-17(25)8-4-2-1-3-5-8)27-13(12(11)23)15-20-14-10(16(24)21-15)18-7-19-14/h1-5,7,9,11-13,22-23H,6H2,(H2,18,19,20,21,24)/t9-,11-,12-,13?/m1/s1. The molecule has 0 radical (unpaired) electrons. The van der Waals surface area contributed by atoms with Crippen LogP contribution in [0.15, 0.2) is 41.5 Å². The number of hydrogen-bond donors (Lipinski definition) is 4. The average molecular weight is 372 g/mol. The van der Waals surface area contributed by atoms with Crippen molar-refractivity contribution in [2.45, 2.75) is 24.4 Å². The number of nitrogens with zero attached hydrogens (tertiary/aromatic N) is 2. The maximum Gasteiger partial charge on any atom is 0.338 e. The summed E-state index contributed by atoms with van der Waals surface area (Å²) in [4.78, 5) is 37.2. The summed E-state index contributed by atoms with van der Waals surface area (Å²) in [6, 6.07) is 8.36. The quantitative estimate of drug-likeness (QED) is 0.454. The number of aliphatic hydroxyl groups is 2. The second-order valence-corrected chi connectivity index (χ2v) is 6.09. The molecule has 3 aromatic rings. The largest absolute Gasteiger partial charge is 0.459 e. The van der Waals surface area contributed by atoms with Crippen molar-refractivity contribution in [2.24, 2.45) is 0 Å².